The van der Waals surface area contributed by atoms with Crippen molar-refractivity contribution in [3.05, 3.63) is 28.8 Å². The maximum Gasteiger partial charge on any atom is 0.191 e. The second-order valence-electron chi connectivity index (χ2n) is 3.56. The molecule has 0 radical (unpaired) electrons. The molecule has 0 unspecified atom stereocenters. The minimum Gasteiger partial charge on any atom is -0.488 e. The fraction of sp³-hybridized carbons (Fsp3) is 0.538. The van der Waals surface area contributed by atoms with E-state index in [-0.39, 0.29) is 13.2 Å². The third-order valence-electron chi connectivity index (χ3n) is 2.27. The van der Waals surface area contributed by atoms with Crippen LogP contribution in [-0.4, -0.2) is 31.2 Å². The van der Waals surface area contributed by atoms with Gasteiger partial charge in [-0.3, -0.25) is 0 Å². The molecule has 0 aromatic heterocycles. The molecule has 0 atom stereocenters. The molecule has 0 bridgehead atoms. The smallest absolute Gasteiger partial charge is 0.191 e. The normalized spacial score (nSPS) is 10.9. The molecule has 0 aliphatic carbocycles. The summed E-state index contributed by atoms with van der Waals surface area (Å²) in [5.41, 5.74) is 0.647. The van der Waals surface area contributed by atoms with Crippen LogP contribution in [0, 0.1) is 0 Å². The van der Waals surface area contributed by atoms with E-state index in [1.54, 1.807) is 18.2 Å². The first-order valence-corrected chi connectivity index (χ1v) is 6.34. The van der Waals surface area contributed by atoms with Crippen LogP contribution >= 0.6 is 11.6 Å². The molecule has 18 heavy (non-hydrogen) atoms. The molecule has 102 valence electrons. The van der Waals surface area contributed by atoms with Gasteiger partial charge >= 0.3 is 0 Å². The largest absolute Gasteiger partial charge is 0.488 e. The van der Waals surface area contributed by atoms with Gasteiger partial charge in [-0.1, -0.05) is 11.6 Å². The summed E-state index contributed by atoms with van der Waals surface area (Å²) in [5.74, 6) is 0.589. The standard InChI is InChI=1S/C13H19ClO4/c1-3-16-13(17-4-2)9-18-12-6-5-11(14)7-10(12)8-15/h5-7,13,15H,3-4,8-9H2,1-2H3. The summed E-state index contributed by atoms with van der Waals surface area (Å²) in [4.78, 5) is 0. The zero-order chi connectivity index (χ0) is 13.4. The van der Waals surface area contributed by atoms with Crippen molar-refractivity contribution in [2.75, 3.05) is 19.8 Å². The van der Waals surface area contributed by atoms with Crippen LogP contribution in [-0.2, 0) is 16.1 Å². The molecule has 0 saturated carbocycles. The predicted octanol–water partition coefficient (Wildman–Crippen LogP) is 2.61. The Hall–Kier alpha value is -0.810. The Labute approximate surface area is 112 Å². The fourth-order valence-corrected chi connectivity index (χ4v) is 1.68. The molecule has 0 fully saturated rings. The molecular formula is C13H19ClO4. The number of ether oxygens (including phenoxy) is 3. The highest BCUT2D eigenvalue weighted by Gasteiger charge is 2.11. The molecule has 1 rings (SSSR count). The Morgan fingerprint density at radius 1 is 1.22 bits per heavy atom. The molecular weight excluding hydrogens is 256 g/mol. The molecule has 1 aromatic carbocycles. The van der Waals surface area contributed by atoms with Crippen LogP contribution in [0.3, 0.4) is 0 Å². The Bertz CT molecular complexity index is 351. The Morgan fingerprint density at radius 3 is 2.44 bits per heavy atom. The minimum absolute atomic E-state index is 0.121. The van der Waals surface area contributed by atoms with E-state index in [2.05, 4.69) is 0 Å². The number of aliphatic hydroxyl groups excluding tert-OH is 1. The van der Waals surface area contributed by atoms with E-state index >= 15 is 0 Å². The molecule has 4 nitrogen and oxygen atoms in total. The van der Waals surface area contributed by atoms with Gasteiger partial charge in [0.2, 0.25) is 0 Å². The summed E-state index contributed by atoms with van der Waals surface area (Å²) in [7, 11) is 0. The highest BCUT2D eigenvalue weighted by atomic mass is 35.5. The highest BCUT2D eigenvalue weighted by molar-refractivity contribution is 6.30. The third kappa shape index (κ3) is 4.82. The van der Waals surface area contributed by atoms with E-state index in [0.29, 0.717) is 29.5 Å². The quantitative estimate of drug-likeness (QED) is 0.741. The number of hydrogen-bond donors (Lipinski definition) is 1. The maximum absolute atomic E-state index is 9.21. The van der Waals surface area contributed by atoms with Crippen molar-refractivity contribution >= 4 is 11.6 Å². The lowest BCUT2D eigenvalue weighted by molar-refractivity contribution is -0.152. The Kier molecular flexibility index (Phi) is 7.05. The van der Waals surface area contributed by atoms with Crippen LogP contribution in [0.4, 0.5) is 0 Å². The molecule has 0 spiro atoms. The predicted molar refractivity (Wildman–Crippen MR) is 69.9 cm³/mol. The van der Waals surface area contributed by atoms with Gasteiger partial charge in [0, 0.05) is 23.8 Å². The lowest BCUT2D eigenvalue weighted by atomic mass is 10.2. The summed E-state index contributed by atoms with van der Waals surface area (Å²) >= 11 is 5.84. The van der Waals surface area contributed by atoms with Gasteiger partial charge in [0.1, 0.15) is 12.4 Å². The zero-order valence-electron chi connectivity index (χ0n) is 10.7. The van der Waals surface area contributed by atoms with Crippen molar-refractivity contribution in [3.8, 4) is 5.75 Å². The van der Waals surface area contributed by atoms with E-state index in [0.717, 1.165) is 0 Å². The van der Waals surface area contributed by atoms with Crippen LogP contribution in [0.5, 0.6) is 5.75 Å². The van der Waals surface area contributed by atoms with E-state index in [1.807, 2.05) is 13.8 Å². The maximum atomic E-state index is 9.21. The van der Waals surface area contributed by atoms with Crippen molar-refractivity contribution in [1.29, 1.82) is 0 Å². The minimum atomic E-state index is -0.401. The van der Waals surface area contributed by atoms with E-state index in [4.69, 9.17) is 25.8 Å². The van der Waals surface area contributed by atoms with Crippen LogP contribution in [0.25, 0.3) is 0 Å². The van der Waals surface area contributed by atoms with Crippen molar-refractivity contribution in [2.45, 2.75) is 26.7 Å². The first kappa shape index (κ1) is 15.2. The average Bonchev–Trinajstić information content (AvgIpc) is 2.37. The first-order chi connectivity index (χ1) is 8.71. The summed E-state index contributed by atoms with van der Waals surface area (Å²) in [5, 5.41) is 9.78. The van der Waals surface area contributed by atoms with Gasteiger partial charge < -0.3 is 19.3 Å². The summed E-state index contributed by atoms with van der Waals surface area (Å²) in [6, 6.07) is 5.11. The number of hydrogen-bond acceptors (Lipinski definition) is 4. The van der Waals surface area contributed by atoms with Crippen LogP contribution in [0.1, 0.15) is 19.4 Å². The van der Waals surface area contributed by atoms with E-state index in [1.165, 1.54) is 0 Å². The molecule has 0 heterocycles. The van der Waals surface area contributed by atoms with Gasteiger partial charge in [0.15, 0.2) is 6.29 Å². The molecule has 0 aliphatic rings. The highest BCUT2D eigenvalue weighted by Crippen LogP contribution is 2.23. The third-order valence-corrected chi connectivity index (χ3v) is 2.51. The van der Waals surface area contributed by atoms with E-state index < -0.39 is 6.29 Å². The Morgan fingerprint density at radius 2 is 1.89 bits per heavy atom. The number of aliphatic hydroxyl groups is 1. The fourth-order valence-electron chi connectivity index (χ4n) is 1.49. The number of rotatable bonds is 8. The second-order valence-corrected chi connectivity index (χ2v) is 4.00. The molecule has 1 N–H and O–H groups in total. The van der Waals surface area contributed by atoms with Crippen LogP contribution < -0.4 is 4.74 Å². The van der Waals surface area contributed by atoms with Gasteiger partial charge in [0.25, 0.3) is 0 Å². The van der Waals surface area contributed by atoms with Crippen molar-refractivity contribution in [1.82, 2.24) is 0 Å². The monoisotopic (exact) mass is 274 g/mol. The number of halogens is 1. The number of benzene rings is 1. The molecule has 1 aromatic rings. The van der Waals surface area contributed by atoms with E-state index in [9.17, 15) is 5.11 Å². The van der Waals surface area contributed by atoms with Gasteiger partial charge in [0.05, 0.1) is 6.61 Å². The molecule has 0 saturated heterocycles. The summed E-state index contributed by atoms with van der Waals surface area (Å²) in [6.07, 6.45) is -0.401. The molecule has 0 aliphatic heterocycles. The second kappa shape index (κ2) is 8.32. The molecule has 0 amide bonds. The van der Waals surface area contributed by atoms with Gasteiger partial charge in [-0.2, -0.15) is 0 Å². The summed E-state index contributed by atoms with van der Waals surface area (Å²) < 4.78 is 16.3. The van der Waals surface area contributed by atoms with Gasteiger partial charge in [-0.25, -0.2) is 0 Å². The lowest BCUT2D eigenvalue weighted by Crippen LogP contribution is -2.25. The topological polar surface area (TPSA) is 47.9 Å². The molecule has 5 heteroatoms. The van der Waals surface area contributed by atoms with Crippen molar-refractivity contribution < 1.29 is 19.3 Å². The summed E-state index contributed by atoms with van der Waals surface area (Å²) in [6.45, 7) is 5.06. The van der Waals surface area contributed by atoms with Crippen LogP contribution in [0.2, 0.25) is 5.02 Å². The first-order valence-electron chi connectivity index (χ1n) is 5.96. The average molecular weight is 275 g/mol. The van der Waals surface area contributed by atoms with Gasteiger partial charge in [-0.05, 0) is 32.0 Å². The van der Waals surface area contributed by atoms with Crippen molar-refractivity contribution in [3.63, 3.8) is 0 Å². The van der Waals surface area contributed by atoms with Crippen LogP contribution in [0.15, 0.2) is 18.2 Å². The SMILES string of the molecule is CCOC(COc1ccc(Cl)cc1CO)OCC. The Balaban J connectivity index is 2.60. The van der Waals surface area contributed by atoms with Crippen molar-refractivity contribution in [2.24, 2.45) is 0 Å². The van der Waals surface area contributed by atoms with Gasteiger partial charge in [-0.15, -0.1) is 0 Å². The zero-order valence-corrected chi connectivity index (χ0v) is 11.4. The lowest BCUT2D eigenvalue weighted by Gasteiger charge is -2.18.